The van der Waals surface area contributed by atoms with Crippen molar-refractivity contribution in [1.82, 2.24) is 0 Å². The van der Waals surface area contributed by atoms with Crippen LogP contribution in [0.4, 0.5) is 0 Å². The van der Waals surface area contributed by atoms with Crippen molar-refractivity contribution in [3.05, 3.63) is 34.9 Å². The number of aliphatic hydroxyl groups excluding tert-OH is 1. The molecule has 0 aliphatic carbocycles. The summed E-state index contributed by atoms with van der Waals surface area (Å²) in [5.41, 5.74) is 2.86. The van der Waals surface area contributed by atoms with Gasteiger partial charge >= 0.3 is 0 Å². The van der Waals surface area contributed by atoms with Gasteiger partial charge in [0.2, 0.25) is 0 Å². The first kappa shape index (κ1) is 15.2. The molecule has 0 radical (unpaired) electrons. The van der Waals surface area contributed by atoms with Crippen LogP contribution >= 0.6 is 0 Å². The minimum atomic E-state index is -0.564. The lowest BCUT2D eigenvalue weighted by molar-refractivity contribution is -0.127. The van der Waals surface area contributed by atoms with Crippen molar-refractivity contribution in [2.24, 2.45) is 0 Å². The van der Waals surface area contributed by atoms with E-state index in [9.17, 15) is 5.11 Å². The smallest absolute Gasteiger partial charge is 0.108 e. The topological polar surface area (TPSA) is 29.5 Å². The summed E-state index contributed by atoms with van der Waals surface area (Å²) >= 11 is 0. The van der Waals surface area contributed by atoms with Gasteiger partial charge in [-0.1, -0.05) is 43.2 Å². The van der Waals surface area contributed by atoms with E-state index in [4.69, 9.17) is 4.74 Å². The van der Waals surface area contributed by atoms with Gasteiger partial charge in [-0.25, -0.2) is 0 Å². The normalized spacial score (nSPS) is 13.7. The van der Waals surface area contributed by atoms with Crippen molar-refractivity contribution < 1.29 is 9.84 Å². The Morgan fingerprint density at radius 1 is 1.06 bits per heavy atom. The van der Waals surface area contributed by atoms with E-state index in [2.05, 4.69) is 45.9 Å². The third-order valence-electron chi connectivity index (χ3n) is 3.69. The molecule has 0 aromatic heterocycles. The summed E-state index contributed by atoms with van der Waals surface area (Å²) in [6.07, 6.45) is 1.06. The first-order valence-electron chi connectivity index (χ1n) is 6.89. The van der Waals surface area contributed by atoms with Crippen molar-refractivity contribution in [2.75, 3.05) is 6.61 Å². The van der Waals surface area contributed by atoms with Crippen molar-refractivity contribution in [3.63, 3.8) is 0 Å². The van der Waals surface area contributed by atoms with Gasteiger partial charge in [0.1, 0.15) is 6.10 Å². The molecule has 0 saturated heterocycles. The maximum Gasteiger partial charge on any atom is 0.108 e. The highest BCUT2D eigenvalue weighted by Gasteiger charge is 2.36. The van der Waals surface area contributed by atoms with Crippen LogP contribution in [0.15, 0.2) is 18.2 Å². The number of aryl methyl sites for hydroxylation is 2. The van der Waals surface area contributed by atoms with Crippen LogP contribution in [0, 0.1) is 13.8 Å². The largest absolute Gasteiger partial charge is 0.385 e. The Balaban J connectivity index is 3.12. The van der Waals surface area contributed by atoms with Crippen molar-refractivity contribution in [2.45, 2.75) is 59.2 Å². The molecular weight excluding hydrogens is 224 g/mol. The molecule has 1 aromatic rings. The predicted molar refractivity (Wildman–Crippen MR) is 75.8 cm³/mol. The van der Waals surface area contributed by atoms with Crippen LogP contribution < -0.4 is 0 Å². The minimum Gasteiger partial charge on any atom is -0.385 e. The van der Waals surface area contributed by atoms with Gasteiger partial charge in [0.15, 0.2) is 0 Å². The summed E-state index contributed by atoms with van der Waals surface area (Å²) in [5, 5.41) is 10.7. The monoisotopic (exact) mass is 250 g/mol. The molecule has 0 aliphatic rings. The summed E-state index contributed by atoms with van der Waals surface area (Å²) in [6, 6.07) is 6.23. The van der Waals surface area contributed by atoms with Crippen molar-refractivity contribution >= 4 is 0 Å². The number of benzene rings is 1. The second-order valence-electron chi connectivity index (χ2n) is 5.03. The van der Waals surface area contributed by atoms with Crippen LogP contribution in [-0.4, -0.2) is 17.3 Å². The highest BCUT2D eigenvalue weighted by molar-refractivity contribution is 5.31. The van der Waals surface area contributed by atoms with E-state index in [1.165, 1.54) is 11.1 Å². The van der Waals surface area contributed by atoms with Crippen LogP contribution in [0.2, 0.25) is 0 Å². The van der Waals surface area contributed by atoms with E-state index in [0.29, 0.717) is 6.61 Å². The Bertz CT molecular complexity index is 360. The molecule has 0 bridgehead atoms. The molecule has 18 heavy (non-hydrogen) atoms. The number of rotatable bonds is 6. The van der Waals surface area contributed by atoms with Gasteiger partial charge < -0.3 is 9.84 Å². The summed E-state index contributed by atoms with van der Waals surface area (Å²) in [4.78, 5) is 0. The molecule has 2 nitrogen and oxygen atoms in total. The molecule has 1 rings (SSSR count). The lowest BCUT2D eigenvalue weighted by Crippen LogP contribution is -2.38. The van der Waals surface area contributed by atoms with E-state index >= 15 is 0 Å². The van der Waals surface area contributed by atoms with Crippen LogP contribution in [0.1, 0.15) is 56.4 Å². The van der Waals surface area contributed by atoms with E-state index < -0.39 is 11.7 Å². The van der Waals surface area contributed by atoms with Gasteiger partial charge in [-0.05, 0) is 39.2 Å². The van der Waals surface area contributed by atoms with Crippen LogP contribution in [0.5, 0.6) is 0 Å². The SMILES string of the molecule is CCOC(CC)(CC)C(O)c1cc(C)cc(C)c1. The first-order chi connectivity index (χ1) is 8.49. The summed E-state index contributed by atoms with van der Waals surface area (Å²) in [7, 11) is 0. The van der Waals surface area contributed by atoms with Crippen molar-refractivity contribution in [3.8, 4) is 0 Å². The molecule has 0 spiro atoms. The second-order valence-corrected chi connectivity index (χ2v) is 5.03. The van der Waals surface area contributed by atoms with Crippen molar-refractivity contribution in [1.29, 1.82) is 0 Å². The number of aliphatic hydroxyl groups is 1. The fourth-order valence-corrected chi connectivity index (χ4v) is 2.68. The van der Waals surface area contributed by atoms with Crippen LogP contribution in [0.25, 0.3) is 0 Å². The van der Waals surface area contributed by atoms with Gasteiger partial charge in [-0.15, -0.1) is 0 Å². The van der Waals surface area contributed by atoms with Gasteiger partial charge in [0.25, 0.3) is 0 Å². The molecule has 0 aliphatic heterocycles. The highest BCUT2D eigenvalue weighted by Crippen LogP contribution is 2.35. The Morgan fingerprint density at radius 3 is 1.94 bits per heavy atom. The lowest BCUT2D eigenvalue weighted by atomic mass is 9.85. The third-order valence-corrected chi connectivity index (χ3v) is 3.69. The van der Waals surface area contributed by atoms with E-state index in [-0.39, 0.29) is 0 Å². The van der Waals surface area contributed by atoms with Gasteiger partial charge in [0, 0.05) is 6.61 Å². The second kappa shape index (κ2) is 6.35. The first-order valence-corrected chi connectivity index (χ1v) is 6.89. The molecule has 0 amide bonds. The van der Waals surface area contributed by atoms with Gasteiger partial charge in [-0.3, -0.25) is 0 Å². The van der Waals surface area contributed by atoms with Gasteiger partial charge in [0.05, 0.1) is 5.60 Å². The standard InChI is InChI=1S/C16H26O2/c1-6-16(7-2,18-8-3)15(17)14-10-12(4)9-13(5)11-14/h9-11,15,17H,6-8H2,1-5H3. The zero-order valence-electron chi connectivity index (χ0n) is 12.3. The molecule has 1 unspecified atom stereocenters. The molecule has 1 aromatic carbocycles. The van der Waals surface area contributed by atoms with Crippen LogP contribution in [-0.2, 0) is 4.74 Å². The molecule has 0 heterocycles. The van der Waals surface area contributed by atoms with E-state index in [1.807, 2.05) is 6.92 Å². The fourth-order valence-electron chi connectivity index (χ4n) is 2.68. The lowest BCUT2D eigenvalue weighted by Gasteiger charge is -2.36. The fraction of sp³-hybridized carbons (Fsp3) is 0.625. The highest BCUT2D eigenvalue weighted by atomic mass is 16.5. The average Bonchev–Trinajstić information content (AvgIpc) is 2.34. The molecule has 102 valence electrons. The Hall–Kier alpha value is -0.860. The number of hydrogen-bond donors (Lipinski definition) is 1. The van der Waals surface area contributed by atoms with E-state index in [0.717, 1.165) is 18.4 Å². The molecule has 0 saturated carbocycles. The summed E-state index contributed by atoms with van der Waals surface area (Å²) < 4.78 is 5.87. The third kappa shape index (κ3) is 3.12. The number of hydrogen-bond acceptors (Lipinski definition) is 2. The number of ether oxygens (including phenoxy) is 1. The maximum atomic E-state index is 10.7. The Kier molecular flexibility index (Phi) is 5.36. The zero-order chi connectivity index (χ0) is 13.8. The Labute approximate surface area is 111 Å². The predicted octanol–water partition coefficient (Wildman–Crippen LogP) is 3.93. The minimum absolute atomic E-state index is 0.463. The molecular formula is C16H26O2. The molecule has 1 N–H and O–H groups in total. The average molecular weight is 250 g/mol. The summed E-state index contributed by atoms with van der Waals surface area (Å²) in [5.74, 6) is 0. The maximum absolute atomic E-state index is 10.7. The summed E-state index contributed by atoms with van der Waals surface area (Å²) in [6.45, 7) is 10.9. The van der Waals surface area contributed by atoms with Crippen LogP contribution in [0.3, 0.4) is 0 Å². The Morgan fingerprint density at radius 2 is 1.56 bits per heavy atom. The quantitative estimate of drug-likeness (QED) is 0.829. The van der Waals surface area contributed by atoms with Gasteiger partial charge in [-0.2, -0.15) is 0 Å². The van der Waals surface area contributed by atoms with E-state index in [1.54, 1.807) is 0 Å². The zero-order valence-corrected chi connectivity index (χ0v) is 12.3. The molecule has 2 heteroatoms. The molecule has 1 atom stereocenters. The molecule has 0 fully saturated rings.